The van der Waals surface area contributed by atoms with Crippen molar-refractivity contribution in [2.75, 3.05) is 6.61 Å². The predicted molar refractivity (Wildman–Crippen MR) is 68.0 cm³/mol. The fraction of sp³-hybridized carbons (Fsp3) is 0.417. The first kappa shape index (κ1) is 16.3. The van der Waals surface area contributed by atoms with Crippen molar-refractivity contribution in [2.24, 2.45) is 0 Å². The lowest BCUT2D eigenvalue weighted by Crippen LogP contribution is -2.32. The monoisotopic (exact) mass is 304 g/mol. The van der Waals surface area contributed by atoms with Crippen LogP contribution in [0.3, 0.4) is 0 Å². The molecule has 1 N–H and O–H groups in total. The Hall–Kier alpha value is -1.72. The molecule has 5 nitrogen and oxygen atoms in total. The molecule has 0 aliphatic heterocycles. The quantitative estimate of drug-likeness (QED) is 0.834. The van der Waals surface area contributed by atoms with Gasteiger partial charge in [-0.2, -0.15) is 5.26 Å². The highest BCUT2D eigenvalue weighted by Crippen LogP contribution is 2.17. The summed E-state index contributed by atoms with van der Waals surface area (Å²) in [5, 5.41) is 8.48. The first-order valence-corrected chi connectivity index (χ1v) is 7.24. The maximum Gasteiger partial charge on any atom is 0.272 e. The average molecular weight is 304 g/mol. The van der Waals surface area contributed by atoms with E-state index in [1.165, 1.54) is 24.3 Å². The molecular formula is C12H14F2N2O3S. The lowest BCUT2D eigenvalue weighted by atomic mass is 10.3. The van der Waals surface area contributed by atoms with Crippen molar-refractivity contribution in [3.8, 4) is 11.8 Å². The molecule has 0 fully saturated rings. The van der Waals surface area contributed by atoms with Gasteiger partial charge in [0.15, 0.2) is 0 Å². The second-order valence-electron chi connectivity index (χ2n) is 4.06. The number of sulfonamides is 1. The number of rotatable bonds is 7. The van der Waals surface area contributed by atoms with Crippen LogP contribution in [0.1, 0.15) is 13.3 Å². The highest BCUT2D eigenvalue weighted by atomic mass is 32.2. The molecule has 1 rings (SSSR count). The van der Waals surface area contributed by atoms with Gasteiger partial charge < -0.3 is 4.74 Å². The van der Waals surface area contributed by atoms with E-state index in [4.69, 9.17) is 10.00 Å². The molecule has 0 aliphatic rings. The SMILES string of the molecule is C[C@@H](CC#N)NS(=O)(=O)c1ccc(OCC(F)F)cc1. The number of hydrogen-bond acceptors (Lipinski definition) is 4. The van der Waals surface area contributed by atoms with E-state index < -0.39 is 29.1 Å². The summed E-state index contributed by atoms with van der Waals surface area (Å²) in [6.07, 6.45) is -2.54. The number of benzene rings is 1. The fourth-order valence-electron chi connectivity index (χ4n) is 1.39. The zero-order chi connectivity index (χ0) is 15.2. The smallest absolute Gasteiger partial charge is 0.272 e. The zero-order valence-electron chi connectivity index (χ0n) is 10.7. The molecule has 0 radical (unpaired) electrons. The highest BCUT2D eigenvalue weighted by Gasteiger charge is 2.17. The Bertz CT molecular complexity index is 567. The Morgan fingerprint density at radius 3 is 2.45 bits per heavy atom. The van der Waals surface area contributed by atoms with Gasteiger partial charge in [0.1, 0.15) is 12.4 Å². The van der Waals surface area contributed by atoms with Crippen molar-refractivity contribution in [3.63, 3.8) is 0 Å². The molecule has 1 aromatic rings. The molecule has 0 unspecified atom stereocenters. The maximum atomic E-state index is 11.9. The minimum absolute atomic E-state index is 0.0216. The lowest BCUT2D eigenvalue weighted by molar-refractivity contribution is 0.0819. The Labute approximate surface area is 116 Å². The second-order valence-corrected chi connectivity index (χ2v) is 5.77. The van der Waals surface area contributed by atoms with E-state index in [0.29, 0.717) is 0 Å². The summed E-state index contributed by atoms with van der Waals surface area (Å²) in [7, 11) is -3.73. The number of nitriles is 1. The van der Waals surface area contributed by atoms with Gasteiger partial charge in [0.05, 0.1) is 17.4 Å². The molecule has 0 saturated carbocycles. The average Bonchev–Trinajstić information content (AvgIpc) is 2.36. The van der Waals surface area contributed by atoms with Gasteiger partial charge in [-0.25, -0.2) is 21.9 Å². The first-order valence-electron chi connectivity index (χ1n) is 5.75. The molecule has 20 heavy (non-hydrogen) atoms. The zero-order valence-corrected chi connectivity index (χ0v) is 11.5. The van der Waals surface area contributed by atoms with Crippen molar-refractivity contribution in [3.05, 3.63) is 24.3 Å². The summed E-state index contributed by atoms with van der Waals surface area (Å²) in [5.74, 6) is 0.161. The van der Waals surface area contributed by atoms with Crippen LogP contribution >= 0.6 is 0 Å². The molecule has 8 heteroatoms. The van der Waals surface area contributed by atoms with Crippen LogP contribution in [0.25, 0.3) is 0 Å². The fourth-order valence-corrected chi connectivity index (χ4v) is 2.63. The molecule has 0 aromatic heterocycles. The minimum Gasteiger partial charge on any atom is -0.488 e. The number of halogens is 2. The molecule has 0 amide bonds. The van der Waals surface area contributed by atoms with Gasteiger partial charge in [-0.15, -0.1) is 0 Å². The number of ether oxygens (including phenoxy) is 1. The molecule has 0 bridgehead atoms. The lowest BCUT2D eigenvalue weighted by Gasteiger charge is -2.11. The molecular weight excluding hydrogens is 290 g/mol. The van der Waals surface area contributed by atoms with Gasteiger partial charge in [0.25, 0.3) is 6.43 Å². The van der Waals surface area contributed by atoms with Crippen LogP contribution < -0.4 is 9.46 Å². The summed E-state index contributed by atoms with van der Waals surface area (Å²) in [5.41, 5.74) is 0. The van der Waals surface area contributed by atoms with Crippen LogP contribution in [0.4, 0.5) is 8.78 Å². The highest BCUT2D eigenvalue weighted by molar-refractivity contribution is 7.89. The third-order valence-electron chi connectivity index (χ3n) is 2.26. The molecule has 110 valence electrons. The van der Waals surface area contributed by atoms with Crippen molar-refractivity contribution >= 4 is 10.0 Å². The van der Waals surface area contributed by atoms with Crippen molar-refractivity contribution < 1.29 is 21.9 Å². The Kier molecular flexibility index (Phi) is 5.85. The van der Waals surface area contributed by atoms with Gasteiger partial charge >= 0.3 is 0 Å². The van der Waals surface area contributed by atoms with E-state index in [9.17, 15) is 17.2 Å². The van der Waals surface area contributed by atoms with Crippen LogP contribution in [0.15, 0.2) is 29.2 Å². The van der Waals surface area contributed by atoms with Gasteiger partial charge in [0, 0.05) is 6.04 Å². The third kappa shape index (κ3) is 5.11. The molecule has 0 spiro atoms. The molecule has 1 atom stereocenters. The van der Waals surface area contributed by atoms with Gasteiger partial charge in [-0.3, -0.25) is 0 Å². The summed E-state index contributed by atoms with van der Waals surface area (Å²) in [6, 6.07) is 6.45. The summed E-state index contributed by atoms with van der Waals surface area (Å²) < 4.78 is 54.8. The molecule has 0 aliphatic carbocycles. The van der Waals surface area contributed by atoms with Crippen LogP contribution in [0.5, 0.6) is 5.75 Å². The molecule has 1 aromatic carbocycles. The Balaban J connectivity index is 2.74. The summed E-state index contributed by atoms with van der Waals surface area (Å²) >= 11 is 0. The van der Waals surface area contributed by atoms with E-state index in [2.05, 4.69) is 4.72 Å². The molecule has 0 saturated heterocycles. The van der Waals surface area contributed by atoms with Crippen molar-refractivity contribution in [1.82, 2.24) is 4.72 Å². The third-order valence-corrected chi connectivity index (χ3v) is 3.87. The molecule has 0 heterocycles. The van der Waals surface area contributed by atoms with E-state index >= 15 is 0 Å². The van der Waals surface area contributed by atoms with Crippen LogP contribution in [0, 0.1) is 11.3 Å². The number of nitrogens with one attached hydrogen (secondary N) is 1. The minimum atomic E-state index is -3.73. The predicted octanol–water partition coefficient (Wildman–Crippen LogP) is 1.91. The maximum absolute atomic E-state index is 11.9. The van der Waals surface area contributed by atoms with E-state index in [1.54, 1.807) is 6.92 Å². The van der Waals surface area contributed by atoms with Crippen molar-refractivity contribution in [1.29, 1.82) is 5.26 Å². The summed E-state index contributed by atoms with van der Waals surface area (Å²) in [6.45, 7) is 0.824. The summed E-state index contributed by atoms with van der Waals surface area (Å²) in [4.78, 5) is -0.0216. The van der Waals surface area contributed by atoms with Gasteiger partial charge in [-0.1, -0.05) is 0 Å². The van der Waals surface area contributed by atoms with Crippen LogP contribution in [-0.2, 0) is 10.0 Å². The van der Waals surface area contributed by atoms with E-state index in [-0.39, 0.29) is 17.1 Å². The van der Waals surface area contributed by atoms with Crippen LogP contribution in [-0.4, -0.2) is 27.5 Å². The number of nitrogens with zero attached hydrogens (tertiary/aromatic N) is 1. The topological polar surface area (TPSA) is 79.2 Å². The normalized spacial score (nSPS) is 12.9. The number of alkyl halides is 2. The standard InChI is InChI=1S/C12H14F2N2O3S/c1-9(6-7-15)16-20(17,18)11-4-2-10(3-5-11)19-8-12(13)14/h2-5,9,12,16H,6,8H2,1H3/t9-/m0/s1. The Morgan fingerprint density at radius 1 is 1.35 bits per heavy atom. The van der Waals surface area contributed by atoms with Gasteiger partial charge in [0.2, 0.25) is 10.0 Å². The van der Waals surface area contributed by atoms with Gasteiger partial charge in [-0.05, 0) is 31.2 Å². The second kappa shape index (κ2) is 7.17. The van der Waals surface area contributed by atoms with E-state index in [1.807, 2.05) is 6.07 Å². The largest absolute Gasteiger partial charge is 0.488 e. The number of hydrogen-bond donors (Lipinski definition) is 1. The van der Waals surface area contributed by atoms with E-state index in [0.717, 1.165) is 0 Å². The first-order chi connectivity index (χ1) is 9.35. The van der Waals surface area contributed by atoms with Crippen molar-refractivity contribution in [2.45, 2.75) is 30.7 Å². The Morgan fingerprint density at radius 2 is 1.95 bits per heavy atom. The van der Waals surface area contributed by atoms with Crippen LogP contribution in [0.2, 0.25) is 0 Å².